The van der Waals surface area contributed by atoms with Crippen molar-refractivity contribution < 1.29 is 9.59 Å². The van der Waals surface area contributed by atoms with Crippen molar-refractivity contribution in [1.82, 2.24) is 10.6 Å². The summed E-state index contributed by atoms with van der Waals surface area (Å²) in [5.74, 6) is -0.0899. The first kappa shape index (κ1) is 12.2. The van der Waals surface area contributed by atoms with Crippen molar-refractivity contribution in [3.8, 4) is 0 Å². The van der Waals surface area contributed by atoms with Crippen molar-refractivity contribution in [1.29, 1.82) is 0 Å². The van der Waals surface area contributed by atoms with Gasteiger partial charge in [-0.25, -0.2) is 0 Å². The summed E-state index contributed by atoms with van der Waals surface area (Å²) < 4.78 is 0. The molecule has 2 aliphatic heterocycles. The summed E-state index contributed by atoms with van der Waals surface area (Å²) in [7, 11) is 0. The van der Waals surface area contributed by atoms with Gasteiger partial charge in [-0.3, -0.25) is 14.9 Å². The van der Waals surface area contributed by atoms with E-state index < -0.39 is 6.04 Å². The number of para-hydroxylation sites is 1. The summed E-state index contributed by atoms with van der Waals surface area (Å²) in [4.78, 5) is 23.9. The summed E-state index contributed by atoms with van der Waals surface area (Å²) in [5.41, 5.74) is 1.75. The van der Waals surface area contributed by atoms with Crippen molar-refractivity contribution >= 4 is 17.5 Å². The van der Waals surface area contributed by atoms with Gasteiger partial charge in [0, 0.05) is 17.8 Å². The maximum Gasteiger partial charge on any atom is 0.246 e. The van der Waals surface area contributed by atoms with Gasteiger partial charge in [0.05, 0.1) is 6.04 Å². The third-order valence-electron chi connectivity index (χ3n) is 3.69. The number of carbonyl (C=O) groups is 2. The highest BCUT2D eigenvalue weighted by atomic mass is 16.2. The van der Waals surface area contributed by atoms with Gasteiger partial charge in [-0.2, -0.15) is 0 Å². The first-order valence-electron chi connectivity index (χ1n) is 6.69. The van der Waals surface area contributed by atoms with Crippen LogP contribution in [0, 0.1) is 0 Å². The number of carbonyl (C=O) groups excluding carboxylic acids is 2. The lowest BCUT2D eigenvalue weighted by Crippen LogP contribution is -2.45. The van der Waals surface area contributed by atoms with Gasteiger partial charge < -0.3 is 10.6 Å². The lowest BCUT2D eigenvalue weighted by molar-refractivity contribution is -0.123. The second-order valence-corrected chi connectivity index (χ2v) is 5.02. The highest BCUT2D eigenvalue weighted by molar-refractivity contribution is 6.02. The number of hydrogen-bond donors (Lipinski definition) is 3. The van der Waals surface area contributed by atoms with E-state index in [2.05, 4.69) is 16.0 Å². The fourth-order valence-electron chi connectivity index (χ4n) is 2.67. The Balaban J connectivity index is 1.79. The van der Waals surface area contributed by atoms with Crippen LogP contribution in [0.1, 0.15) is 30.9 Å². The Morgan fingerprint density at radius 2 is 1.95 bits per heavy atom. The van der Waals surface area contributed by atoms with E-state index in [0.717, 1.165) is 37.1 Å². The highest BCUT2D eigenvalue weighted by Gasteiger charge is 2.33. The number of benzene rings is 1. The zero-order valence-electron chi connectivity index (χ0n) is 10.6. The molecule has 1 saturated heterocycles. The number of anilines is 1. The number of fused-ring (bicyclic) bond motifs is 1. The summed E-state index contributed by atoms with van der Waals surface area (Å²) in [6, 6.07) is 6.87. The molecule has 5 nitrogen and oxygen atoms in total. The molecule has 0 aliphatic carbocycles. The van der Waals surface area contributed by atoms with Gasteiger partial charge in [0.25, 0.3) is 0 Å². The molecule has 2 heterocycles. The molecule has 100 valence electrons. The third-order valence-corrected chi connectivity index (χ3v) is 3.69. The molecular weight excluding hydrogens is 242 g/mol. The fourth-order valence-corrected chi connectivity index (χ4v) is 2.67. The minimum absolute atomic E-state index is 0.00492. The summed E-state index contributed by atoms with van der Waals surface area (Å²) in [6.07, 6.45) is 2.77. The molecule has 2 unspecified atom stereocenters. The van der Waals surface area contributed by atoms with E-state index in [1.807, 2.05) is 24.3 Å². The normalized spacial score (nSPS) is 26.3. The molecule has 2 amide bonds. The Morgan fingerprint density at radius 1 is 1.11 bits per heavy atom. The SMILES string of the molecule is O=C1NCCCCC1NC1C(=O)Nc2ccccc21. The molecule has 0 aromatic heterocycles. The summed E-state index contributed by atoms with van der Waals surface area (Å²) >= 11 is 0. The molecule has 3 N–H and O–H groups in total. The monoisotopic (exact) mass is 259 g/mol. The molecule has 0 saturated carbocycles. The Morgan fingerprint density at radius 3 is 2.84 bits per heavy atom. The zero-order valence-corrected chi connectivity index (χ0v) is 10.6. The van der Waals surface area contributed by atoms with Gasteiger partial charge in [-0.05, 0) is 25.3 Å². The quantitative estimate of drug-likeness (QED) is 0.740. The molecule has 0 radical (unpaired) electrons. The van der Waals surface area contributed by atoms with Crippen molar-refractivity contribution in [2.24, 2.45) is 0 Å². The summed E-state index contributed by atoms with van der Waals surface area (Å²) in [6.45, 7) is 0.727. The van der Waals surface area contributed by atoms with Crippen LogP contribution in [0.15, 0.2) is 24.3 Å². The molecule has 19 heavy (non-hydrogen) atoms. The lowest BCUT2D eigenvalue weighted by atomic mass is 10.0. The van der Waals surface area contributed by atoms with Crippen LogP contribution in [0.4, 0.5) is 5.69 Å². The van der Waals surface area contributed by atoms with E-state index in [4.69, 9.17) is 0 Å². The molecule has 1 aromatic carbocycles. The van der Waals surface area contributed by atoms with Crippen molar-refractivity contribution in [2.45, 2.75) is 31.3 Å². The molecule has 2 atom stereocenters. The lowest BCUT2D eigenvalue weighted by Gasteiger charge is -2.19. The van der Waals surface area contributed by atoms with Crippen molar-refractivity contribution in [3.63, 3.8) is 0 Å². The average molecular weight is 259 g/mol. The van der Waals surface area contributed by atoms with Gasteiger partial charge in [0.15, 0.2) is 0 Å². The minimum atomic E-state index is -0.426. The van der Waals surface area contributed by atoms with Gasteiger partial charge in [0.2, 0.25) is 11.8 Å². The van der Waals surface area contributed by atoms with Crippen molar-refractivity contribution in [3.05, 3.63) is 29.8 Å². The van der Waals surface area contributed by atoms with Gasteiger partial charge >= 0.3 is 0 Å². The van der Waals surface area contributed by atoms with E-state index in [-0.39, 0.29) is 17.9 Å². The molecule has 0 spiro atoms. The van der Waals surface area contributed by atoms with Crippen LogP contribution in [0.25, 0.3) is 0 Å². The Hall–Kier alpha value is -1.88. The van der Waals surface area contributed by atoms with Crippen LogP contribution in [0.3, 0.4) is 0 Å². The Bertz CT molecular complexity index is 515. The maximum absolute atomic E-state index is 12.0. The number of hydrogen-bond acceptors (Lipinski definition) is 3. The van der Waals surface area contributed by atoms with E-state index in [1.165, 1.54) is 0 Å². The minimum Gasteiger partial charge on any atom is -0.355 e. The molecule has 0 bridgehead atoms. The van der Waals surface area contributed by atoms with Crippen LogP contribution < -0.4 is 16.0 Å². The smallest absolute Gasteiger partial charge is 0.246 e. The van der Waals surface area contributed by atoms with Gasteiger partial charge in [-0.1, -0.05) is 18.2 Å². The number of amides is 2. The largest absolute Gasteiger partial charge is 0.355 e. The van der Waals surface area contributed by atoms with Crippen LogP contribution in [0.5, 0.6) is 0 Å². The second-order valence-electron chi connectivity index (χ2n) is 5.02. The van der Waals surface area contributed by atoms with E-state index in [9.17, 15) is 9.59 Å². The van der Waals surface area contributed by atoms with E-state index in [0.29, 0.717) is 0 Å². The number of nitrogens with one attached hydrogen (secondary N) is 3. The molecule has 3 rings (SSSR count). The average Bonchev–Trinajstić information content (AvgIpc) is 2.58. The zero-order chi connectivity index (χ0) is 13.2. The van der Waals surface area contributed by atoms with Crippen LogP contribution in [-0.2, 0) is 9.59 Å². The Kier molecular flexibility index (Phi) is 3.21. The predicted molar refractivity (Wildman–Crippen MR) is 71.6 cm³/mol. The standard InChI is InChI=1S/C14H17N3O2/c18-13-11(7-3-4-8-15-13)16-12-9-5-1-2-6-10(9)17-14(12)19/h1-2,5-6,11-12,16H,3-4,7-8H2,(H,15,18)(H,17,19). The van der Waals surface area contributed by atoms with E-state index in [1.54, 1.807) is 0 Å². The fraction of sp³-hybridized carbons (Fsp3) is 0.429. The molecule has 1 aromatic rings. The summed E-state index contributed by atoms with van der Waals surface area (Å²) in [5, 5.41) is 8.90. The van der Waals surface area contributed by atoms with Gasteiger partial charge in [-0.15, -0.1) is 0 Å². The second kappa shape index (κ2) is 5.01. The maximum atomic E-state index is 12.0. The molecular formula is C14H17N3O2. The molecule has 5 heteroatoms. The van der Waals surface area contributed by atoms with Crippen LogP contribution in [0.2, 0.25) is 0 Å². The molecule has 2 aliphatic rings. The topological polar surface area (TPSA) is 70.2 Å². The van der Waals surface area contributed by atoms with Gasteiger partial charge in [0.1, 0.15) is 6.04 Å². The van der Waals surface area contributed by atoms with Crippen molar-refractivity contribution in [2.75, 3.05) is 11.9 Å². The van der Waals surface area contributed by atoms with E-state index >= 15 is 0 Å². The third kappa shape index (κ3) is 2.33. The van der Waals surface area contributed by atoms with Crippen LogP contribution >= 0.6 is 0 Å². The molecule has 1 fully saturated rings. The Labute approximate surface area is 111 Å². The first-order valence-corrected chi connectivity index (χ1v) is 6.69. The first-order chi connectivity index (χ1) is 9.25. The highest BCUT2D eigenvalue weighted by Crippen LogP contribution is 2.30. The van der Waals surface area contributed by atoms with Crippen LogP contribution in [-0.4, -0.2) is 24.4 Å². The predicted octanol–water partition coefficient (Wildman–Crippen LogP) is 0.938. The number of rotatable bonds is 2.